The van der Waals surface area contributed by atoms with Crippen molar-refractivity contribution in [1.82, 2.24) is 5.32 Å². The molecule has 1 N–H and O–H groups in total. The van der Waals surface area contributed by atoms with Gasteiger partial charge in [-0.3, -0.25) is 4.79 Å². The molecule has 2 heterocycles. The van der Waals surface area contributed by atoms with E-state index in [2.05, 4.69) is 21.2 Å². The molecule has 1 aliphatic rings. The summed E-state index contributed by atoms with van der Waals surface area (Å²) >= 11 is 4.91. The van der Waals surface area contributed by atoms with E-state index in [9.17, 15) is 4.79 Å². The minimum atomic E-state index is 0.273. The van der Waals surface area contributed by atoms with E-state index >= 15 is 0 Å². The van der Waals surface area contributed by atoms with E-state index in [1.54, 1.807) is 0 Å². The second kappa shape index (κ2) is 5.94. The zero-order chi connectivity index (χ0) is 11.4. The van der Waals surface area contributed by atoms with Gasteiger partial charge >= 0.3 is 0 Å². The first-order valence-electron chi connectivity index (χ1n) is 5.76. The normalized spacial score (nSPS) is 21.7. The molecule has 0 aliphatic carbocycles. The van der Waals surface area contributed by atoms with Crippen molar-refractivity contribution in [2.24, 2.45) is 0 Å². The first kappa shape index (κ1) is 12.3. The molecule has 1 fully saturated rings. The van der Waals surface area contributed by atoms with Crippen molar-refractivity contribution in [3.63, 3.8) is 0 Å². The van der Waals surface area contributed by atoms with E-state index < -0.39 is 0 Å². The van der Waals surface area contributed by atoms with Gasteiger partial charge < -0.3 is 5.32 Å². The monoisotopic (exact) mass is 301 g/mol. The highest BCUT2D eigenvalue weighted by Gasteiger charge is 2.17. The Morgan fingerprint density at radius 2 is 2.38 bits per heavy atom. The van der Waals surface area contributed by atoms with Crippen LogP contribution in [0.5, 0.6) is 0 Å². The molecule has 0 radical (unpaired) electrons. The Bertz CT molecular complexity index is 356. The molecule has 4 heteroatoms. The van der Waals surface area contributed by atoms with Crippen LogP contribution in [-0.2, 0) is 0 Å². The number of hydrogen-bond acceptors (Lipinski definition) is 3. The molecule has 1 aromatic heterocycles. The lowest BCUT2D eigenvalue weighted by molar-refractivity contribution is 0.0972. The molecular weight excluding hydrogens is 286 g/mol. The van der Waals surface area contributed by atoms with Gasteiger partial charge in [-0.05, 0) is 41.4 Å². The van der Waals surface area contributed by atoms with Crippen LogP contribution in [0.2, 0.25) is 0 Å². The van der Waals surface area contributed by atoms with Gasteiger partial charge in [-0.1, -0.05) is 12.8 Å². The van der Waals surface area contributed by atoms with Crippen LogP contribution in [0.4, 0.5) is 0 Å². The van der Waals surface area contributed by atoms with E-state index in [1.165, 1.54) is 30.6 Å². The highest BCUT2D eigenvalue weighted by Crippen LogP contribution is 2.22. The van der Waals surface area contributed by atoms with Crippen LogP contribution in [0.25, 0.3) is 0 Å². The third kappa shape index (κ3) is 3.40. The highest BCUT2D eigenvalue weighted by molar-refractivity contribution is 9.10. The van der Waals surface area contributed by atoms with Crippen LogP contribution >= 0.6 is 27.3 Å². The summed E-state index contributed by atoms with van der Waals surface area (Å²) in [5, 5.41) is 5.43. The Balaban J connectivity index is 1.90. The maximum atomic E-state index is 12.0. The van der Waals surface area contributed by atoms with E-state index in [1.807, 2.05) is 11.4 Å². The topological polar surface area (TPSA) is 29.1 Å². The van der Waals surface area contributed by atoms with Gasteiger partial charge in [0.15, 0.2) is 5.78 Å². The van der Waals surface area contributed by atoms with Gasteiger partial charge in [0.2, 0.25) is 0 Å². The predicted molar refractivity (Wildman–Crippen MR) is 71.2 cm³/mol. The number of thiophene rings is 1. The largest absolute Gasteiger partial charge is 0.314 e. The number of halogens is 1. The van der Waals surface area contributed by atoms with E-state index in [4.69, 9.17) is 0 Å². The maximum Gasteiger partial charge on any atom is 0.174 e. The Labute approximate surface area is 109 Å². The Kier molecular flexibility index (Phi) is 4.55. The lowest BCUT2D eigenvalue weighted by Gasteiger charge is -2.13. The molecule has 1 saturated heterocycles. The molecule has 1 aromatic rings. The number of hydrogen-bond donors (Lipinski definition) is 1. The minimum absolute atomic E-state index is 0.273. The predicted octanol–water partition coefficient (Wildman–Crippen LogP) is 3.62. The Morgan fingerprint density at radius 1 is 1.50 bits per heavy atom. The minimum Gasteiger partial charge on any atom is -0.314 e. The van der Waals surface area contributed by atoms with Gasteiger partial charge in [0, 0.05) is 22.3 Å². The van der Waals surface area contributed by atoms with Gasteiger partial charge in [0.1, 0.15) is 0 Å². The molecule has 88 valence electrons. The molecule has 0 bridgehead atoms. The molecule has 16 heavy (non-hydrogen) atoms. The number of ketones is 1. The van der Waals surface area contributed by atoms with Gasteiger partial charge in [-0.15, -0.1) is 11.3 Å². The van der Waals surface area contributed by atoms with Crippen molar-refractivity contribution < 1.29 is 4.79 Å². The average Bonchev–Trinajstić information content (AvgIpc) is 2.54. The molecule has 1 aliphatic heterocycles. The van der Waals surface area contributed by atoms with Gasteiger partial charge in [-0.2, -0.15) is 0 Å². The summed E-state index contributed by atoms with van der Waals surface area (Å²) in [7, 11) is 0. The highest BCUT2D eigenvalue weighted by atomic mass is 79.9. The van der Waals surface area contributed by atoms with E-state index in [0.717, 1.165) is 22.3 Å². The molecule has 2 rings (SSSR count). The zero-order valence-electron chi connectivity index (χ0n) is 9.17. The fourth-order valence-electron chi connectivity index (χ4n) is 2.06. The lowest BCUT2D eigenvalue weighted by atomic mass is 10.0. The summed E-state index contributed by atoms with van der Waals surface area (Å²) in [4.78, 5) is 12.9. The van der Waals surface area contributed by atoms with Crippen molar-refractivity contribution in [3.8, 4) is 0 Å². The van der Waals surface area contributed by atoms with Crippen molar-refractivity contribution >= 4 is 33.0 Å². The number of Topliss-reactive ketones (excluding diaryl/α,β-unsaturated/α-hetero) is 1. The Morgan fingerprint density at radius 3 is 3.12 bits per heavy atom. The summed E-state index contributed by atoms with van der Waals surface area (Å²) in [5.74, 6) is 0.273. The fourth-order valence-corrected chi connectivity index (χ4v) is 3.44. The molecule has 0 spiro atoms. The average molecular weight is 302 g/mol. The van der Waals surface area contributed by atoms with Crippen molar-refractivity contribution in [2.75, 3.05) is 6.54 Å². The standard InChI is InChI=1S/C12H16BrNOS/c13-9-6-12(16-8-9)11(15)7-10-4-2-1-3-5-14-10/h6,8,10,14H,1-5,7H2. The molecule has 0 amide bonds. The SMILES string of the molecule is O=C(CC1CCCCCN1)c1cc(Br)cs1. The van der Waals surface area contributed by atoms with Gasteiger partial charge in [0.05, 0.1) is 4.88 Å². The van der Waals surface area contributed by atoms with Crippen LogP contribution < -0.4 is 5.32 Å². The fraction of sp³-hybridized carbons (Fsp3) is 0.583. The second-order valence-corrected chi connectivity index (χ2v) is 6.08. The third-order valence-corrected chi connectivity index (χ3v) is 4.67. The van der Waals surface area contributed by atoms with Crippen LogP contribution in [0, 0.1) is 0 Å². The third-order valence-electron chi connectivity index (χ3n) is 2.94. The summed E-state index contributed by atoms with van der Waals surface area (Å²) in [6, 6.07) is 2.31. The number of rotatable bonds is 3. The molecule has 0 saturated carbocycles. The van der Waals surface area contributed by atoms with Crippen LogP contribution in [0.3, 0.4) is 0 Å². The molecular formula is C12H16BrNOS. The number of carbonyl (C=O) groups is 1. The Hall–Kier alpha value is -0.190. The molecule has 0 aromatic carbocycles. The van der Waals surface area contributed by atoms with Crippen LogP contribution in [0.15, 0.2) is 15.9 Å². The van der Waals surface area contributed by atoms with Crippen molar-refractivity contribution in [1.29, 1.82) is 0 Å². The van der Waals surface area contributed by atoms with Crippen molar-refractivity contribution in [2.45, 2.75) is 38.1 Å². The number of carbonyl (C=O) groups excluding carboxylic acids is 1. The zero-order valence-corrected chi connectivity index (χ0v) is 11.6. The molecule has 2 nitrogen and oxygen atoms in total. The van der Waals surface area contributed by atoms with Gasteiger partial charge in [-0.25, -0.2) is 0 Å². The van der Waals surface area contributed by atoms with Gasteiger partial charge in [0.25, 0.3) is 0 Å². The quantitative estimate of drug-likeness (QED) is 0.864. The second-order valence-electron chi connectivity index (χ2n) is 4.26. The summed E-state index contributed by atoms with van der Waals surface area (Å²) in [5.41, 5.74) is 0. The summed E-state index contributed by atoms with van der Waals surface area (Å²) < 4.78 is 1.01. The summed E-state index contributed by atoms with van der Waals surface area (Å²) in [6.45, 7) is 1.06. The smallest absolute Gasteiger partial charge is 0.174 e. The van der Waals surface area contributed by atoms with E-state index in [-0.39, 0.29) is 5.78 Å². The first-order valence-corrected chi connectivity index (χ1v) is 7.43. The lowest BCUT2D eigenvalue weighted by Crippen LogP contribution is -2.30. The molecule has 1 unspecified atom stereocenters. The van der Waals surface area contributed by atoms with Crippen LogP contribution in [-0.4, -0.2) is 18.4 Å². The van der Waals surface area contributed by atoms with E-state index in [0.29, 0.717) is 12.5 Å². The molecule has 1 atom stereocenters. The van der Waals surface area contributed by atoms with Crippen LogP contribution in [0.1, 0.15) is 41.8 Å². The summed E-state index contributed by atoms with van der Waals surface area (Å²) in [6.07, 6.45) is 5.57. The van der Waals surface area contributed by atoms with Crippen molar-refractivity contribution in [3.05, 3.63) is 20.8 Å². The first-order chi connectivity index (χ1) is 7.75. The maximum absolute atomic E-state index is 12.0. The number of nitrogens with one attached hydrogen (secondary N) is 1.